The van der Waals surface area contributed by atoms with E-state index < -0.39 is 9.84 Å². The van der Waals surface area contributed by atoms with E-state index in [-0.39, 0.29) is 16.7 Å². The van der Waals surface area contributed by atoms with E-state index >= 15 is 0 Å². The van der Waals surface area contributed by atoms with Gasteiger partial charge in [0.25, 0.3) is 5.91 Å². The van der Waals surface area contributed by atoms with Crippen LogP contribution in [0.4, 0.5) is 5.69 Å². The normalized spacial score (nSPS) is 11.5. The zero-order chi connectivity index (χ0) is 25.2. The van der Waals surface area contributed by atoms with E-state index in [1.165, 1.54) is 6.07 Å². The number of amides is 1. The Bertz CT molecular complexity index is 1500. The summed E-state index contributed by atoms with van der Waals surface area (Å²) in [5, 5.41) is 3.45. The Hall–Kier alpha value is -3.48. The predicted octanol–water partition coefficient (Wildman–Crippen LogP) is 6.85. The van der Waals surface area contributed by atoms with Crippen molar-refractivity contribution in [3.63, 3.8) is 0 Å². The highest BCUT2D eigenvalue weighted by atomic mass is 35.5. The van der Waals surface area contributed by atoms with Crippen LogP contribution in [-0.2, 0) is 9.84 Å². The molecule has 0 unspecified atom stereocenters. The fraction of sp³-hybridized carbons (Fsp3) is 0.143. The van der Waals surface area contributed by atoms with E-state index in [0.29, 0.717) is 33.1 Å². The summed E-state index contributed by atoms with van der Waals surface area (Å²) in [5.74, 6) is -0.0753. The molecular weight excluding hydrogens is 480 g/mol. The van der Waals surface area contributed by atoms with Crippen molar-refractivity contribution < 1.29 is 13.2 Å². The monoisotopic (exact) mass is 504 g/mol. The molecule has 1 heterocycles. The maximum Gasteiger partial charge on any atom is 0.256 e. The van der Waals surface area contributed by atoms with Crippen LogP contribution in [0.25, 0.3) is 22.4 Å². The Kier molecular flexibility index (Phi) is 7.05. The highest BCUT2D eigenvalue weighted by Crippen LogP contribution is 2.32. The molecule has 0 atom stereocenters. The number of pyridine rings is 1. The van der Waals surface area contributed by atoms with Gasteiger partial charge in [0.2, 0.25) is 0 Å². The number of hydrogen-bond acceptors (Lipinski definition) is 4. The summed E-state index contributed by atoms with van der Waals surface area (Å²) < 4.78 is 24.5. The number of carbonyl (C=O) groups is 1. The lowest BCUT2D eigenvalue weighted by Crippen LogP contribution is -2.14. The lowest BCUT2D eigenvalue weighted by Gasteiger charge is -2.15. The molecule has 1 aromatic heterocycles. The van der Waals surface area contributed by atoms with Crippen molar-refractivity contribution in [3.05, 3.63) is 101 Å². The van der Waals surface area contributed by atoms with E-state index in [1.54, 1.807) is 36.5 Å². The van der Waals surface area contributed by atoms with Crippen molar-refractivity contribution in [2.45, 2.75) is 24.7 Å². The van der Waals surface area contributed by atoms with Crippen molar-refractivity contribution >= 4 is 33.0 Å². The van der Waals surface area contributed by atoms with Crippen molar-refractivity contribution in [2.75, 3.05) is 11.6 Å². The third-order valence-electron chi connectivity index (χ3n) is 5.69. The van der Waals surface area contributed by atoms with Gasteiger partial charge in [0.05, 0.1) is 15.6 Å². The number of rotatable bonds is 6. The molecule has 0 spiro atoms. The predicted molar refractivity (Wildman–Crippen MR) is 142 cm³/mol. The molecule has 178 valence electrons. The van der Waals surface area contributed by atoms with Gasteiger partial charge in [-0.05, 0) is 71.1 Å². The minimum atomic E-state index is -3.46. The second-order valence-electron chi connectivity index (χ2n) is 8.62. The highest BCUT2D eigenvalue weighted by Gasteiger charge is 2.18. The number of anilines is 1. The SMILES string of the molecule is CC(C)c1cccc(-c2cc(S(C)(=O)=O)ccc2C(=O)Nc2ccc(Cl)c(-c3ccccn3)c2)c1. The fourth-order valence-corrected chi connectivity index (χ4v) is 4.64. The van der Waals surface area contributed by atoms with Gasteiger partial charge in [0.1, 0.15) is 0 Å². The summed E-state index contributed by atoms with van der Waals surface area (Å²) >= 11 is 6.38. The Morgan fingerprint density at radius 3 is 2.40 bits per heavy atom. The average Bonchev–Trinajstić information content (AvgIpc) is 2.85. The molecular formula is C28H25ClN2O3S. The number of hydrogen-bond donors (Lipinski definition) is 1. The maximum absolute atomic E-state index is 13.4. The van der Waals surface area contributed by atoms with E-state index in [1.807, 2.05) is 42.5 Å². The first-order valence-electron chi connectivity index (χ1n) is 11.1. The van der Waals surface area contributed by atoms with Crippen molar-refractivity contribution in [1.82, 2.24) is 4.98 Å². The molecule has 1 N–H and O–H groups in total. The van der Waals surface area contributed by atoms with Gasteiger partial charge in [-0.1, -0.05) is 55.8 Å². The first-order valence-corrected chi connectivity index (χ1v) is 13.4. The lowest BCUT2D eigenvalue weighted by atomic mass is 9.94. The van der Waals surface area contributed by atoms with E-state index in [0.717, 1.165) is 17.4 Å². The molecule has 4 rings (SSSR count). The van der Waals surface area contributed by atoms with Crippen molar-refractivity contribution in [2.24, 2.45) is 0 Å². The van der Waals surface area contributed by atoms with Gasteiger partial charge in [0.15, 0.2) is 9.84 Å². The van der Waals surface area contributed by atoms with E-state index in [2.05, 4.69) is 24.1 Å². The molecule has 0 fully saturated rings. The molecule has 5 nitrogen and oxygen atoms in total. The van der Waals surface area contributed by atoms with Gasteiger partial charge in [-0.15, -0.1) is 0 Å². The van der Waals surface area contributed by atoms with Crippen LogP contribution in [0, 0.1) is 0 Å². The van der Waals surface area contributed by atoms with Crippen molar-refractivity contribution in [1.29, 1.82) is 0 Å². The lowest BCUT2D eigenvalue weighted by molar-refractivity contribution is 0.102. The average molecular weight is 505 g/mol. The van der Waals surface area contributed by atoms with Gasteiger partial charge < -0.3 is 5.32 Å². The van der Waals surface area contributed by atoms with Crippen LogP contribution in [-0.4, -0.2) is 25.6 Å². The molecule has 3 aromatic carbocycles. The number of nitrogens with one attached hydrogen (secondary N) is 1. The second-order valence-corrected chi connectivity index (χ2v) is 11.0. The summed E-state index contributed by atoms with van der Waals surface area (Å²) in [5.41, 5.74) is 4.72. The van der Waals surface area contributed by atoms with E-state index in [9.17, 15) is 13.2 Å². The van der Waals surface area contributed by atoms with Gasteiger partial charge in [-0.3, -0.25) is 9.78 Å². The summed E-state index contributed by atoms with van der Waals surface area (Å²) in [6.45, 7) is 4.17. The number of halogens is 1. The zero-order valence-electron chi connectivity index (χ0n) is 19.6. The second kappa shape index (κ2) is 10.0. The number of aromatic nitrogens is 1. The molecule has 1 amide bonds. The molecule has 0 saturated heterocycles. The molecule has 0 radical (unpaired) electrons. The Morgan fingerprint density at radius 1 is 0.914 bits per heavy atom. The zero-order valence-corrected chi connectivity index (χ0v) is 21.2. The molecule has 0 aliphatic heterocycles. The van der Waals surface area contributed by atoms with Crippen molar-refractivity contribution in [3.8, 4) is 22.4 Å². The summed E-state index contributed by atoms with van der Waals surface area (Å²) in [6, 6.07) is 23.1. The number of nitrogens with zero attached hydrogens (tertiary/aromatic N) is 1. The van der Waals surface area contributed by atoms with Crippen LogP contribution < -0.4 is 5.32 Å². The summed E-state index contributed by atoms with van der Waals surface area (Å²) in [4.78, 5) is 17.9. The first-order chi connectivity index (χ1) is 16.6. The number of benzene rings is 3. The van der Waals surface area contributed by atoms with Crippen LogP contribution in [0.15, 0.2) is 90.0 Å². The fourth-order valence-electron chi connectivity index (χ4n) is 3.78. The molecule has 0 saturated carbocycles. The van der Waals surface area contributed by atoms with Gasteiger partial charge >= 0.3 is 0 Å². The number of sulfone groups is 1. The molecule has 7 heteroatoms. The Labute approximate surface area is 210 Å². The molecule has 0 aliphatic carbocycles. The maximum atomic E-state index is 13.4. The minimum absolute atomic E-state index is 0.155. The van der Waals surface area contributed by atoms with Gasteiger partial charge in [-0.2, -0.15) is 0 Å². The number of carbonyl (C=O) groups excluding carboxylic acids is 1. The van der Waals surface area contributed by atoms with Crippen LogP contribution in [0.2, 0.25) is 5.02 Å². The Morgan fingerprint density at radius 2 is 1.71 bits per heavy atom. The quantitative estimate of drug-likeness (QED) is 0.311. The van der Waals surface area contributed by atoms with Gasteiger partial charge in [0, 0.05) is 29.3 Å². The summed E-state index contributed by atoms with van der Waals surface area (Å²) in [7, 11) is -3.46. The van der Waals surface area contributed by atoms with Crippen LogP contribution in [0.1, 0.15) is 35.7 Å². The summed E-state index contributed by atoms with van der Waals surface area (Å²) in [6.07, 6.45) is 2.83. The van der Waals surface area contributed by atoms with E-state index in [4.69, 9.17) is 11.6 Å². The van der Waals surface area contributed by atoms with Crippen LogP contribution in [0.5, 0.6) is 0 Å². The topological polar surface area (TPSA) is 76.1 Å². The molecule has 35 heavy (non-hydrogen) atoms. The van der Waals surface area contributed by atoms with Crippen LogP contribution in [0.3, 0.4) is 0 Å². The highest BCUT2D eigenvalue weighted by molar-refractivity contribution is 7.90. The first kappa shape index (κ1) is 24.6. The molecule has 4 aromatic rings. The third-order valence-corrected chi connectivity index (χ3v) is 7.13. The molecule has 0 bridgehead atoms. The Balaban J connectivity index is 1.76. The minimum Gasteiger partial charge on any atom is -0.322 e. The standard InChI is InChI=1S/C28H25ClN2O3S/c1-18(2)19-7-6-8-20(15-19)24-17-22(35(3,33)34)11-12-23(24)28(32)31-21-10-13-26(29)25(16-21)27-9-4-5-14-30-27/h4-18H,1-3H3,(H,31,32). The molecule has 0 aliphatic rings. The third kappa shape index (κ3) is 5.61. The smallest absolute Gasteiger partial charge is 0.256 e. The van der Waals surface area contributed by atoms with Gasteiger partial charge in [-0.25, -0.2) is 8.42 Å². The largest absolute Gasteiger partial charge is 0.322 e. The van der Waals surface area contributed by atoms with Crippen LogP contribution >= 0.6 is 11.6 Å².